The number of ether oxygens (including phenoxy) is 1. The van der Waals surface area contributed by atoms with Gasteiger partial charge in [-0.2, -0.15) is 0 Å². The number of rotatable bonds is 7. The van der Waals surface area contributed by atoms with Crippen LogP contribution in [0.4, 0.5) is 10.5 Å². The zero-order valence-electron chi connectivity index (χ0n) is 20.1. The molecule has 1 heterocycles. The van der Waals surface area contributed by atoms with Gasteiger partial charge in [0.2, 0.25) is 0 Å². The third-order valence-corrected chi connectivity index (χ3v) is 7.56. The number of aliphatic hydroxyl groups is 1. The first-order valence-electron chi connectivity index (χ1n) is 12.3. The summed E-state index contributed by atoms with van der Waals surface area (Å²) in [4.78, 5) is 14.9. The van der Waals surface area contributed by atoms with Crippen molar-refractivity contribution in [1.82, 2.24) is 0 Å². The summed E-state index contributed by atoms with van der Waals surface area (Å²) >= 11 is 0. The smallest absolute Gasteiger partial charge is 0.415 e. The summed E-state index contributed by atoms with van der Waals surface area (Å²) in [5, 5.41) is 20.4. The lowest BCUT2D eigenvalue weighted by molar-refractivity contribution is -0.0232. The Kier molecular flexibility index (Phi) is 6.71. The van der Waals surface area contributed by atoms with Crippen LogP contribution in [0.2, 0.25) is 0 Å². The fourth-order valence-electron chi connectivity index (χ4n) is 5.30. The maximum atomic E-state index is 13.1. The molecule has 1 fully saturated rings. The second kappa shape index (κ2) is 9.38. The van der Waals surface area contributed by atoms with Gasteiger partial charge in [-0.25, -0.2) is 4.79 Å². The van der Waals surface area contributed by atoms with Crippen LogP contribution in [0.5, 0.6) is 5.75 Å². The largest absolute Gasteiger partial charge is 0.508 e. The fourth-order valence-corrected chi connectivity index (χ4v) is 5.30. The predicted octanol–water partition coefficient (Wildman–Crippen LogP) is 6.75. The van der Waals surface area contributed by atoms with E-state index in [0.717, 1.165) is 60.9 Å². The van der Waals surface area contributed by atoms with E-state index in [1.165, 1.54) is 6.42 Å². The number of fused-ring (bicyclic) bond motifs is 2. The minimum atomic E-state index is -0.574. The third kappa shape index (κ3) is 5.03. The van der Waals surface area contributed by atoms with E-state index in [4.69, 9.17) is 4.74 Å². The Morgan fingerprint density at radius 3 is 2.55 bits per heavy atom. The maximum absolute atomic E-state index is 13.1. The fraction of sp³-hybridized carbons (Fsp3) is 0.536. The van der Waals surface area contributed by atoms with E-state index in [0.29, 0.717) is 13.0 Å². The lowest BCUT2D eigenvalue weighted by atomic mass is 9.77. The molecule has 0 radical (unpaired) electrons. The van der Waals surface area contributed by atoms with Crippen LogP contribution in [0.15, 0.2) is 42.5 Å². The number of carbonyl (C=O) groups excluding carboxylic acids is 1. The van der Waals surface area contributed by atoms with E-state index in [2.05, 4.69) is 26.0 Å². The highest BCUT2D eigenvalue weighted by Gasteiger charge is 2.45. The van der Waals surface area contributed by atoms with Gasteiger partial charge in [0.15, 0.2) is 0 Å². The second-order valence-electron chi connectivity index (χ2n) is 10.6. The normalized spacial score (nSPS) is 18.7. The standard InChI is InChI=1S/C28H37NO4/c1-20-19-21(11-12-24(20)30)25(31)13-16-27(2,3)17-18-29-23-10-6-5-9-22(23)28(33-26(29)32)14-7-4-8-15-28/h5-6,9-12,19,25,30-31H,4,7-8,13-18H2,1-3H3. The number of hydrogen-bond acceptors (Lipinski definition) is 4. The second-order valence-corrected chi connectivity index (χ2v) is 10.6. The molecule has 1 amide bonds. The Bertz CT molecular complexity index is 993. The van der Waals surface area contributed by atoms with Crippen LogP contribution in [0, 0.1) is 12.3 Å². The minimum Gasteiger partial charge on any atom is -0.508 e. The number of anilines is 1. The number of para-hydroxylation sites is 1. The molecule has 1 saturated carbocycles. The van der Waals surface area contributed by atoms with Gasteiger partial charge in [0, 0.05) is 12.1 Å². The van der Waals surface area contributed by atoms with Crippen molar-refractivity contribution in [2.45, 2.75) is 83.8 Å². The molecule has 1 aliphatic heterocycles. The van der Waals surface area contributed by atoms with Gasteiger partial charge in [-0.15, -0.1) is 0 Å². The molecular weight excluding hydrogens is 414 g/mol. The predicted molar refractivity (Wildman–Crippen MR) is 130 cm³/mol. The first kappa shape index (κ1) is 23.6. The van der Waals surface area contributed by atoms with Crippen LogP contribution in [0.3, 0.4) is 0 Å². The van der Waals surface area contributed by atoms with E-state index in [9.17, 15) is 15.0 Å². The molecule has 1 aliphatic carbocycles. The molecule has 0 saturated heterocycles. The van der Waals surface area contributed by atoms with Crippen LogP contribution < -0.4 is 4.90 Å². The van der Waals surface area contributed by atoms with Crippen molar-refractivity contribution in [3.63, 3.8) is 0 Å². The number of hydrogen-bond donors (Lipinski definition) is 2. The summed E-state index contributed by atoms with van der Waals surface area (Å²) in [6.07, 6.45) is 6.66. The van der Waals surface area contributed by atoms with Crippen molar-refractivity contribution in [2.24, 2.45) is 5.41 Å². The van der Waals surface area contributed by atoms with E-state index in [1.54, 1.807) is 17.0 Å². The Morgan fingerprint density at radius 2 is 1.82 bits per heavy atom. The Labute approximate surface area is 197 Å². The van der Waals surface area contributed by atoms with Crippen LogP contribution in [-0.4, -0.2) is 22.9 Å². The van der Waals surface area contributed by atoms with Crippen molar-refractivity contribution < 1.29 is 19.7 Å². The number of phenolic OH excluding ortho intramolecular Hbond substituents is 1. The Morgan fingerprint density at radius 1 is 1.09 bits per heavy atom. The molecule has 2 N–H and O–H groups in total. The number of amides is 1. The molecule has 1 atom stereocenters. The van der Waals surface area contributed by atoms with Gasteiger partial charge in [-0.3, -0.25) is 4.90 Å². The lowest BCUT2D eigenvalue weighted by Crippen LogP contribution is -2.47. The summed E-state index contributed by atoms with van der Waals surface area (Å²) in [7, 11) is 0. The van der Waals surface area contributed by atoms with Crippen LogP contribution in [0.25, 0.3) is 0 Å². The van der Waals surface area contributed by atoms with Crippen LogP contribution in [0.1, 0.15) is 88.0 Å². The highest BCUT2D eigenvalue weighted by molar-refractivity contribution is 5.91. The molecule has 2 aliphatic rings. The molecule has 1 spiro atoms. The number of aryl methyl sites for hydroxylation is 1. The quantitative estimate of drug-likeness (QED) is 0.489. The number of aliphatic hydroxyl groups excluding tert-OH is 1. The molecule has 2 aromatic carbocycles. The molecule has 5 heteroatoms. The van der Waals surface area contributed by atoms with Crippen molar-refractivity contribution in [2.75, 3.05) is 11.4 Å². The van der Waals surface area contributed by atoms with Crippen molar-refractivity contribution >= 4 is 11.8 Å². The molecule has 0 bridgehead atoms. The summed E-state index contributed by atoms with van der Waals surface area (Å²) in [6, 6.07) is 13.5. The Balaban J connectivity index is 1.41. The minimum absolute atomic E-state index is 0.0534. The molecule has 1 unspecified atom stereocenters. The molecule has 33 heavy (non-hydrogen) atoms. The van der Waals surface area contributed by atoms with E-state index in [-0.39, 0.29) is 17.3 Å². The summed E-state index contributed by atoms with van der Waals surface area (Å²) < 4.78 is 6.12. The van der Waals surface area contributed by atoms with E-state index < -0.39 is 11.7 Å². The zero-order valence-corrected chi connectivity index (χ0v) is 20.1. The third-order valence-electron chi connectivity index (χ3n) is 7.56. The molecule has 178 valence electrons. The Hall–Kier alpha value is -2.53. The SMILES string of the molecule is Cc1cc(C(O)CCC(C)(C)CCN2C(=O)OC3(CCCCC3)c3ccccc32)ccc1O. The highest BCUT2D eigenvalue weighted by Crippen LogP contribution is 2.48. The van der Waals surface area contributed by atoms with Gasteiger partial charge >= 0.3 is 6.09 Å². The molecule has 5 nitrogen and oxygen atoms in total. The zero-order chi connectivity index (χ0) is 23.6. The van der Waals surface area contributed by atoms with E-state index >= 15 is 0 Å². The number of aromatic hydroxyl groups is 1. The van der Waals surface area contributed by atoms with Gasteiger partial charge in [-0.1, -0.05) is 44.5 Å². The van der Waals surface area contributed by atoms with Gasteiger partial charge in [-0.05, 0) is 86.6 Å². The van der Waals surface area contributed by atoms with Crippen LogP contribution in [-0.2, 0) is 10.3 Å². The summed E-state index contributed by atoms with van der Waals surface area (Å²) in [5.74, 6) is 0.245. The van der Waals surface area contributed by atoms with E-state index in [1.807, 2.05) is 25.1 Å². The van der Waals surface area contributed by atoms with Crippen LogP contribution >= 0.6 is 0 Å². The van der Waals surface area contributed by atoms with Gasteiger partial charge in [0.1, 0.15) is 11.4 Å². The summed E-state index contributed by atoms with van der Waals surface area (Å²) in [5.41, 5.74) is 3.23. The first-order valence-corrected chi connectivity index (χ1v) is 12.3. The number of carbonyl (C=O) groups is 1. The van der Waals surface area contributed by atoms with Crippen molar-refractivity contribution in [1.29, 1.82) is 0 Å². The maximum Gasteiger partial charge on any atom is 0.415 e. The topological polar surface area (TPSA) is 70.0 Å². The average Bonchev–Trinajstić information content (AvgIpc) is 2.80. The lowest BCUT2D eigenvalue weighted by Gasteiger charge is -2.45. The highest BCUT2D eigenvalue weighted by atomic mass is 16.6. The molecule has 4 rings (SSSR count). The first-order chi connectivity index (χ1) is 15.7. The number of benzene rings is 2. The molecule has 0 aromatic heterocycles. The average molecular weight is 452 g/mol. The van der Waals surface area contributed by atoms with Gasteiger partial charge in [0.05, 0.1) is 11.8 Å². The van der Waals surface area contributed by atoms with Gasteiger partial charge in [0.25, 0.3) is 0 Å². The summed E-state index contributed by atoms with van der Waals surface area (Å²) in [6.45, 7) is 6.80. The monoisotopic (exact) mass is 451 g/mol. The molecule has 2 aromatic rings. The number of nitrogens with zero attached hydrogens (tertiary/aromatic N) is 1. The van der Waals surface area contributed by atoms with Crippen molar-refractivity contribution in [3.8, 4) is 5.75 Å². The van der Waals surface area contributed by atoms with Gasteiger partial charge < -0.3 is 14.9 Å². The van der Waals surface area contributed by atoms with Crippen molar-refractivity contribution in [3.05, 3.63) is 59.2 Å². The molecular formula is C28H37NO4. The number of phenols is 1.